The van der Waals surface area contributed by atoms with Crippen molar-refractivity contribution in [2.45, 2.75) is 13.0 Å². The monoisotopic (exact) mass is 284 g/mol. The molecule has 2 aromatic rings. The van der Waals surface area contributed by atoms with Crippen LogP contribution in [0.1, 0.15) is 11.3 Å². The third kappa shape index (κ3) is 1.83. The first-order chi connectivity index (χ1) is 8.62. The number of hydrogen-bond donors (Lipinski definition) is 1. The number of benzene rings is 1. The van der Waals surface area contributed by atoms with E-state index in [-0.39, 0.29) is 5.21 Å². The standard InChI is InChI=1S/C12H13ClN2O2S/c13-8-18(16,17)15-6-5-12-10(7-15)9-3-1-2-4-11(9)14-12/h1-4,14H,5-8H2. The minimum Gasteiger partial charge on any atom is -0.358 e. The number of rotatable bonds is 2. The molecule has 3 rings (SSSR count). The van der Waals surface area contributed by atoms with Crippen LogP contribution in [0.3, 0.4) is 0 Å². The number of aromatic nitrogens is 1. The van der Waals surface area contributed by atoms with Gasteiger partial charge in [-0.2, -0.15) is 4.31 Å². The maximum atomic E-state index is 11.8. The zero-order valence-electron chi connectivity index (χ0n) is 9.69. The first kappa shape index (κ1) is 12.0. The van der Waals surface area contributed by atoms with Crippen molar-refractivity contribution in [3.8, 4) is 0 Å². The Kier molecular flexibility index (Phi) is 2.84. The van der Waals surface area contributed by atoms with Gasteiger partial charge in [-0.05, 0) is 11.6 Å². The van der Waals surface area contributed by atoms with Crippen LogP contribution in [-0.4, -0.2) is 29.5 Å². The van der Waals surface area contributed by atoms with E-state index in [4.69, 9.17) is 11.6 Å². The summed E-state index contributed by atoms with van der Waals surface area (Å²) in [5.41, 5.74) is 3.27. The van der Waals surface area contributed by atoms with Crippen molar-refractivity contribution in [1.29, 1.82) is 0 Å². The number of halogens is 1. The molecule has 0 spiro atoms. The van der Waals surface area contributed by atoms with Gasteiger partial charge in [-0.25, -0.2) is 8.42 Å². The molecule has 0 saturated heterocycles. The van der Waals surface area contributed by atoms with Gasteiger partial charge in [0, 0.05) is 36.1 Å². The quantitative estimate of drug-likeness (QED) is 0.858. The van der Waals surface area contributed by atoms with Crippen molar-refractivity contribution < 1.29 is 8.42 Å². The van der Waals surface area contributed by atoms with Crippen LogP contribution in [0.4, 0.5) is 0 Å². The van der Waals surface area contributed by atoms with E-state index < -0.39 is 10.0 Å². The average Bonchev–Trinajstić information content (AvgIpc) is 2.76. The molecule has 96 valence electrons. The predicted molar refractivity (Wildman–Crippen MR) is 72.1 cm³/mol. The maximum absolute atomic E-state index is 11.8. The number of hydrogen-bond acceptors (Lipinski definition) is 2. The normalized spacial score (nSPS) is 16.9. The summed E-state index contributed by atoms with van der Waals surface area (Å²) in [6, 6.07) is 7.96. The van der Waals surface area contributed by atoms with E-state index in [1.165, 1.54) is 4.31 Å². The van der Waals surface area contributed by atoms with Gasteiger partial charge in [0.05, 0.1) is 0 Å². The fourth-order valence-electron chi connectivity index (χ4n) is 2.45. The van der Waals surface area contributed by atoms with Crippen LogP contribution in [0.25, 0.3) is 10.9 Å². The molecule has 0 radical (unpaired) electrons. The van der Waals surface area contributed by atoms with Crippen LogP contribution in [0.5, 0.6) is 0 Å². The van der Waals surface area contributed by atoms with Gasteiger partial charge in [0.2, 0.25) is 10.0 Å². The highest BCUT2D eigenvalue weighted by atomic mass is 35.5. The van der Waals surface area contributed by atoms with E-state index in [0.717, 1.165) is 22.2 Å². The van der Waals surface area contributed by atoms with Gasteiger partial charge in [-0.3, -0.25) is 0 Å². The van der Waals surface area contributed by atoms with Crippen molar-refractivity contribution in [3.05, 3.63) is 35.5 Å². The highest BCUT2D eigenvalue weighted by Gasteiger charge is 2.27. The highest BCUT2D eigenvalue weighted by molar-refractivity contribution is 7.90. The summed E-state index contributed by atoms with van der Waals surface area (Å²) in [4.78, 5) is 3.35. The third-order valence-electron chi connectivity index (χ3n) is 3.38. The lowest BCUT2D eigenvalue weighted by molar-refractivity contribution is 0.394. The van der Waals surface area contributed by atoms with E-state index in [9.17, 15) is 8.42 Å². The molecule has 1 N–H and O–H groups in total. The number of alkyl halides is 1. The molecule has 0 fully saturated rings. The lowest BCUT2D eigenvalue weighted by atomic mass is 10.1. The minimum atomic E-state index is -3.33. The van der Waals surface area contributed by atoms with Crippen molar-refractivity contribution >= 4 is 32.5 Å². The Morgan fingerprint density at radius 1 is 1.33 bits per heavy atom. The lowest BCUT2D eigenvalue weighted by Gasteiger charge is -2.25. The molecule has 1 aromatic carbocycles. The summed E-state index contributed by atoms with van der Waals surface area (Å²) in [5.74, 6) is 0. The second kappa shape index (κ2) is 4.26. The fraction of sp³-hybridized carbons (Fsp3) is 0.333. The Morgan fingerprint density at radius 3 is 2.89 bits per heavy atom. The number of nitrogens with zero attached hydrogens (tertiary/aromatic N) is 1. The summed E-state index contributed by atoms with van der Waals surface area (Å²) >= 11 is 5.51. The van der Waals surface area contributed by atoms with Gasteiger partial charge in [0.15, 0.2) is 0 Å². The molecule has 0 bridgehead atoms. The number of H-pyrrole nitrogens is 1. The van der Waals surface area contributed by atoms with Gasteiger partial charge < -0.3 is 4.98 Å². The molecule has 6 heteroatoms. The summed E-state index contributed by atoms with van der Waals surface area (Å²) in [6.45, 7) is 0.906. The third-order valence-corrected chi connectivity index (χ3v) is 5.58. The zero-order valence-corrected chi connectivity index (χ0v) is 11.3. The molecule has 0 saturated carbocycles. The van der Waals surface area contributed by atoms with Crippen molar-refractivity contribution in [3.63, 3.8) is 0 Å². The number of aromatic amines is 1. The molecule has 0 aliphatic carbocycles. The summed E-state index contributed by atoms with van der Waals surface area (Å²) in [5, 5.41) is 0.743. The van der Waals surface area contributed by atoms with Gasteiger partial charge in [0.25, 0.3) is 0 Å². The second-order valence-corrected chi connectivity index (χ2v) is 6.99. The maximum Gasteiger partial charge on any atom is 0.228 e. The number of sulfonamides is 1. The van der Waals surface area contributed by atoms with Crippen LogP contribution in [0.15, 0.2) is 24.3 Å². The predicted octanol–water partition coefficient (Wildman–Crippen LogP) is 2.05. The summed E-state index contributed by atoms with van der Waals surface area (Å²) in [7, 11) is -3.33. The molecule has 0 amide bonds. The van der Waals surface area contributed by atoms with E-state index in [0.29, 0.717) is 19.5 Å². The molecular weight excluding hydrogens is 272 g/mol. The molecule has 18 heavy (non-hydrogen) atoms. The van der Waals surface area contributed by atoms with Crippen LogP contribution >= 0.6 is 11.6 Å². The average molecular weight is 285 g/mol. The Balaban J connectivity index is 2.07. The van der Waals surface area contributed by atoms with E-state index in [1.54, 1.807) is 0 Å². The Morgan fingerprint density at radius 2 is 2.11 bits per heavy atom. The van der Waals surface area contributed by atoms with Gasteiger partial charge in [-0.1, -0.05) is 18.2 Å². The van der Waals surface area contributed by atoms with E-state index in [1.807, 2.05) is 24.3 Å². The van der Waals surface area contributed by atoms with Crippen LogP contribution in [0, 0.1) is 0 Å². The number of nitrogens with one attached hydrogen (secondary N) is 1. The molecule has 2 heterocycles. The van der Waals surface area contributed by atoms with Crippen molar-refractivity contribution in [2.75, 3.05) is 11.8 Å². The molecule has 1 aromatic heterocycles. The second-order valence-electron chi connectivity index (χ2n) is 4.43. The summed E-state index contributed by atoms with van der Waals surface area (Å²) in [6.07, 6.45) is 0.708. The molecular formula is C12H13ClN2O2S. The molecule has 1 aliphatic rings. The first-order valence-electron chi connectivity index (χ1n) is 5.74. The minimum absolute atomic E-state index is 0.356. The van der Waals surface area contributed by atoms with Crippen LogP contribution in [0.2, 0.25) is 0 Å². The molecule has 0 unspecified atom stereocenters. The first-order valence-corrected chi connectivity index (χ1v) is 7.88. The van der Waals surface area contributed by atoms with Gasteiger partial charge in [-0.15, -0.1) is 11.6 Å². The largest absolute Gasteiger partial charge is 0.358 e. The fourth-order valence-corrected chi connectivity index (χ4v) is 3.70. The Hall–Kier alpha value is -1.04. The smallest absolute Gasteiger partial charge is 0.228 e. The topological polar surface area (TPSA) is 53.2 Å². The molecule has 0 atom stereocenters. The highest BCUT2D eigenvalue weighted by Crippen LogP contribution is 2.28. The van der Waals surface area contributed by atoms with E-state index in [2.05, 4.69) is 4.98 Å². The Bertz CT molecular complexity index is 693. The van der Waals surface area contributed by atoms with Gasteiger partial charge in [0.1, 0.15) is 5.21 Å². The number of fused-ring (bicyclic) bond motifs is 3. The Labute approximate surface area is 111 Å². The number of para-hydroxylation sites is 1. The van der Waals surface area contributed by atoms with Crippen LogP contribution < -0.4 is 0 Å². The SMILES string of the molecule is O=S(=O)(CCl)N1CCc2[nH]c3ccccc3c2C1. The molecule has 1 aliphatic heterocycles. The molecule has 4 nitrogen and oxygen atoms in total. The van der Waals surface area contributed by atoms with Gasteiger partial charge >= 0.3 is 0 Å². The summed E-state index contributed by atoms with van der Waals surface area (Å²) < 4.78 is 25.1. The van der Waals surface area contributed by atoms with Crippen molar-refractivity contribution in [1.82, 2.24) is 9.29 Å². The zero-order chi connectivity index (χ0) is 12.8. The van der Waals surface area contributed by atoms with E-state index >= 15 is 0 Å². The lowest BCUT2D eigenvalue weighted by Crippen LogP contribution is -2.36. The van der Waals surface area contributed by atoms with Crippen molar-refractivity contribution in [2.24, 2.45) is 0 Å². The van der Waals surface area contributed by atoms with Crippen LogP contribution in [-0.2, 0) is 23.0 Å².